The molecule has 2 aromatic heterocycles. The van der Waals surface area contributed by atoms with Gasteiger partial charge < -0.3 is 19.3 Å². The average molecular weight is 442 g/mol. The Labute approximate surface area is 186 Å². The topological polar surface area (TPSA) is 105 Å². The fraction of sp³-hybridized carbons (Fsp3) is 0.522. The van der Waals surface area contributed by atoms with Crippen molar-refractivity contribution in [3.05, 3.63) is 50.2 Å². The fourth-order valence-corrected chi connectivity index (χ4v) is 4.11. The highest BCUT2D eigenvalue weighted by molar-refractivity contribution is 5.74. The lowest BCUT2D eigenvalue weighted by molar-refractivity contribution is 0.0935. The van der Waals surface area contributed by atoms with Gasteiger partial charge in [-0.1, -0.05) is 13.0 Å². The van der Waals surface area contributed by atoms with Gasteiger partial charge in [-0.2, -0.15) is 4.98 Å². The van der Waals surface area contributed by atoms with E-state index in [2.05, 4.69) is 21.8 Å². The van der Waals surface area contributed by atoms with Crippen molar-refractivity contribution in [2.75, 3.05) is 24.6 Å². The zero-order valence-electron chi connectivity index (χ0n) is 19.1. The minimum atomic E-state index is -0.867. The molecule has 0 unspecified atom stereocenters. The van der Waals surface area contributed by atoms with Crippen LogP contribution in [0, 0.1) is 19.8 Å². The van der Waals surface area contributed by atoms with Gasteiger partial charge in [0.05, 0.1) is 6.54 Å². The maximum Gasteiger partial charge on any atom is 0.329 e. The maximum atomic E-state index is 12.7. The highest BCUT2D eigenvalue weighted by atomic mass is 16.5. The van der Waals surface area contributed by atoms with Crippen LogP contribution < -0.4 is 20.9 Å². The Kier molecular flexibility index (Phi) is 6.10. The third-order valence-electron chi connectivity index (χ3n) is 6.37. The molecule has 0 radical (unpaired) electrons. The molecule has 4 rings (SSSR count). The Morgan fingerprint density at radius 3 is 2.62 bits per heavy atom. The molecule has 172 valence electrons. The molecule has 3 aromatic rings. The Hall–Kier alpha value is -3.07. The Balaban J connectivity index is 1.64. The molecular weight excluding hydrogens is 410 g/mol. The molecule has 0 saturated carbocycles. The molecule has 1 fully saturated rings. The van der Waals surface area contributed by atoms with Crippen molar-refractivity contribution < 1.29 is 9.84 Å². The van der Waals surface area contributed by atoms with Gasteiger partial charge in [0.2, 0.25) is 5.95 Å². The number of anilines is 1. The largest absolute Gasteiger partial charge is 0.491 e. The number of aromatic nitrogens is 4. The first-order valence-electron chi connectivity index (χ1n) is 11.1. The normalized spacial score (nSPS) is 16.0. The Morgan fingerprint density at radius 2 is 1.94 bits per heavy atom. The highest BCUT2D eigenvalue weighted by Gasteiger charge is 2.25. The summed E-state index contributed by atoms with van der Waals surface area (Å²) in [7, 11) is 1.58. The van der Waals surface area contributed by atoms with Crippen molar-refractivity contribution in [3.8, 4) is 5.75 Å². The summed E-state index contributed by atoms with van der Waals surface area (Å²) in [6.45, 7) is 8.09. The van der Waals surface area contributed by atoms with Crippen molar-refractivity contribution in [1.82, 2.24) is 19.1 Å². The van der Waals surface area contributed by atoms with Crippen LogP contribution in [0.25, 0.3) is 11.2 Å². The summed E-state index contributed by atoms with van der Waals surface area (Å²) in [5.41, 5.74) is 1.87. The molecule has 1 aliphatic heterocycles. The second-order valence-electron chi connectivity index (χ2n) is 8.89. The van der Waals surface area contributed by atoms with Crippen LogP contribution >= 0.6 is 0 Å². The second-order valence-corrected chi connectivity index (χ2v) is 8.89. The first kappa shape index (κ1) is 22.1. The van der Waals surface area contributed by atoms with Crippen LogP contribution in [0.4, 0.5) is 5.95 Å². The molecule has 9 nitrogen and oxygen atoms in total. The molecule has 1 aromatic carbocycles. The number of H-pyrrole nitrogens is 1. The van der Waals surface area contributed by atoms with Crippen molar-refractivity contribution in [1.29, 1.82) is 0 Å². The third-order valence-corrected chi connectivity index (χ3v) is 6.37. The van der Waals surface area contributed by atoms with Gasteiger partial charge in [-0.3, -0.25) is 14.3 Å². The van der Waals surface area contributed by atoms with Gasteiger partial charge in [-0.15, -0.1) is 0 Å². The van der Waals surface area contributed by atoms with Gasteiger partial charge >= 0.3 is 5.69 Å². The zero-order chi connectivity index (χ0) is 23.0. The summed E-state index contributed by atoms with van der Waals surface area (Å²) >= 11 is 0. The number of rotatable bonds is 6. The first-order valence-corrected chi connectivity index (χ1v) is 11.1. The number of fused-ring (bicyclic) bond motifs is 1. The monoisotopic (exact) mass is 441 g/mol. The molecule has 0 bridgehead atoms. The van der Waals surface area contributed by atoms with Crippen LogP contribution in [0.3, 0.4) is 0 Å². The van der Waals surface area contributed by atoms with Crippen molar-refractivity contribution in [3.63, 3.8) is 0 Å². The van der Waals surface area contributed by atoms with Crippen LogP contribution in [-0.2, 0) is 13.6 Å². The summed E-state index contributed by atoms with van der Waals surface area (Å²) in [5, 5.41) is 10.8. The van der Waals surface area contributed by atoms with Gasteiger partial charge in [0.15, 0.2) is 11.2 Å². The van der Waals surface area contributed by atoms with Gasteiger partial charge in [0, 0.05) is 20.1 Å². The lowest BCUT2D eigenvalue weighted by atomic mass is 10.00. The summed E-state index contributed by atoms with van der Waals surface area (Å²) in [6.07, 6.45) is 1.18. The van der Waals surface area contributed by atoms with E-state index in [-0.39, 0.29) is 18.7 Å². The average Bonchev–Trinajstić information content (AvgIpc) is 3.13. The third kappa shape index (κ3) is 4.29. The molecule has 0 aliphatic carbocycles. The number of hydrogen-bond donors (Lipinski definition) is 2. The Morgan fingerprint density at radius 1 is 1.22 bits per heavy atom. The number of aromatic amines is 1. The van der Waals surface area contributed by atoms with E-state index in [0.29, 0.717) is 23.3 Å². The van der Waals surface area contributed by atoms with E-state index in [1.165, 1.54) is 10.1 Å². The minimum absolute atomic E-state index is 0.0717. The smallest absolute Gasteiger partial charge is 0.329 e. The van der Waals surface area contributed by atoms with Crippen LogP contribution in [0.5, 0.6) is 5.75 Å². The summed E-state index contributed by atoms with van der Waals surface area (Å²) in [5.74, 6) is 1.92. The Bertz CT molecular complexity index is 1230. The van der Waals surface area contributed by atoms with E-state index in [1.54, 1.807) is 11.6 Å². The number of benzene rings is 1. The van der Waals surface area contributed by atoms with E-state index in [1.807, 2.05) is 32.0 Å². The number of aliphatic hydroxyl groups excluding tert-OH is 1. The highest BCUT2D eigenvalue weighted by Crippen LogP contribution is 2.25. The lowest BCUT2D eigenvalue weighted by Gasteiger charge is -2.31. The zero-order valence-corrected chi connectivity index (χ0v) is 19.1. The minimum Gasteiger partial charge on any atom is -0.491 e. The number of imidazole rings is 1. The predicted molar refractivity (Wildman–Crippen MR) is 124 cm³/mol. The fourth-order valence-electron chi connectivity index (χ4n) is 4.11. The molecule has 1 saturated heterocycles. The lowest BCUT2D eigenvalue weighted by Crippen LogP contribution is -2.36. The van der Waals surface area contributed by atoms with Gasteiger partial charge in [-0.05, 0) is 55.9 Å². The van der Waals surface area contributed by atoms with Gasteiger partial charge in [-0.25, -0.2) is 4.79 Å². The molecular formula is C23H31N5O4. The van der Waals surface area contributed by atoms with Crippen LogP contribution in [-0.4, -0.2) is 50.0 Å². The predicted octanol–water partition coefficient (Wildman–Crippen LogP) is 1.72. The molecule has 0 spiro atoms. The number of nitrogens with one attached hydrogen (secondary N) is 1. The standard InChI is InChI=1S/C23H31N5O4/c1-14-7-9-27(10-8-14)22-24-20-19(21(30)25-23(31)26(20)4)28(22)12-17(29)13-32-18-6-5-15(2)16(3)11-18/h5-6,11,14,17,29H,7-10,12-13H2,1-4H3,(H,25,30,31)/t17-/m0/s1. The molecule has 3 heterocycles. The van der Waals surface area contributed by atoms with E-state index in [4.69, 9.17) is 4.74 Å². The summed E-state index contributed by atoms with van der Waals surface area (Å²) in [6, 6.07) is 5.80. The number of aryl methyl sites for hydroxylation is 3. The van der Waals surface area contributed by atoms with E-state index in [0.717, 1.165) is 31.5 Å². The second kappa shape index (κ2) is 8.82. The first-order chi connectivity index (χ1) is 15.2. The van der Waals surface area contributed by atoms with Crippen LogP contribution in [0.2, 0.25) is 0 Å². The van der Waals surface area contributed by atoms with Crippen molar-refractivity contribution >= 4 is 17.1 Å². The SMILES string of the molecule is Cc1ccc(OC[C@@H](O)Cn2c(N3CCC(C)CC3)nc3c2c(=O)[nH]c(=O)n3C)cc1C. The van der Waals surface area contributed by atoms with Crippen LogP contribution in [0.15, 0.2) is 27.8 Å². The number of aliphatic hydroxyl groups is 1. The molecule has 0 amide bonds. The molecule has 9 heteroatoms. The van der Waals surface area contributed by atoms with Crippen LogP contribution in [0.1, 0.15) is 30.9 Å². The van der Waals surface area contributed by atoms with E-state index >= 15 is 0 Å². The van der Waals surface area contributed by atoms with Crippen molar-refractivity contribution in [2.24, 2.45) is 13.0 Å². The van der Waals surface area contributed by atoms with E-state index < -0.39 is 17.4 Å². The molecule has 2 N–H and O–H groups in total. The van der Waals surface area contributed by atoms with Gasteiger partial charge in [0.25, 0.3) is 5.56 Å². The number of nitrogens with zero attached hydrogens (tertiary/aromatic N) is 4. The van der Waals surface area contributed by atoms with E-state index in [9.17, 15) is 14.7 Å². The summed E-state index contributed by atoms with van der Waals surface area (Å²) in [4.78, 5) is 33.9. The maximum absolute atomic E-state index is 12.7. The van der Waals surface area contributed by atoms with Gasteiger partial charge in [0.1, 0.15) is 18.5 Å². The quantitative estimate of drug-likeness (QED) is 0.603. The summed E-state index contributed by atoms with van der Waals surface area (Å²) < 4.78 is 8.85. The molecule has 32 heavy (non-hydrogen) atoms. The number of piperidine rings is 1. The number of hydrogen-bond acceptors (Lipinski definition) is 6. The molecule has 1 atom stereocenters. The van der Waals surface area contributed by atoms with Crippen molar-refractivity contribution in [2.45, 2.75) is 46.3 Å². The number of ether oxygens (including phenoxy) is 1. The molecule has 1 aliphatic rings.